The normalized spacial score (nSPS) is 23.2. The van der Waals surface area contributed by atoms with Gasteiger partial charge in [0, 0.05) is 24.7 Å². The molecule has 6 heteroatoms. The average molecular weight is 334 g/mol. The number of hydrogen-bond acceptors (Lipinski definition) is 4. The van der Waals surface area contributed by atoms with Crippen molar-refractivity contribution in [3.8, 4) is 5.75 Å². The molecule has 2 N–H and O–H groups in total. The summed E-state index contributed by atoms with van der Waals surface area (Å²) in [5.74, 6) is 0.524. The maximum atomic E-state index is 9.98. The number of rotatable bonds is 7. The fourth-order valence-electron chi connectivity index (χ4n) is 2.57. The molecule has 0 aliphatic heterocycles. The van der Waals surface area contributed by atoms with Crippen molar-refractivity contribution in [2.24, 2.45) is 0 Å². The number of aliphatic hydroxyl groups excluding tert-OH is 1. The lowest BCUT2D eigenvalue weighted by molar-refractivity contribution is 0.0687. The third-order valence-electron chi connectivity index (χ3n) is 3.70. The van der Waals surface area contributed by atoms with Gasteiger partial charge in [-0.05, 0) is 37.5 Å². The maximum Gasteiger partial charge on any atom is 0.138 e. The summed E-state index contributed by atoms with van der Waals surface area (Å²) in [6.45, 7) is 0.647. The van der Waals surface area contributed by atoms with E-state index in [0.29, 0.717) is 28.4 Å². The fraction of sp³-hybridized carbons (Fsp3) is 0.600. The van der Waals surface area contributed by atoms with Gasteiger partial charge in [-0.15, -0.1) is 0 Å². The molecule has 1 fully saturated rings. The minimum absolute atomic E-state index is 0.179. The van der Waals surface area contributed by atoms with Gasteiger partial charge in [0.1, 0.15) is 18.5 Å². The monoisotopic (exact) mass is 333 g/mol. The summed E-state index contributed by atoms with van der Waals surface area (Å²) in [6.07, 6.45) is 2.94. The summed E-state index contributed by atoms with van der Waals surface area (Å²) >= 11 is 11.8. The molecule has 4 nitrogen and oxygen atoms in total. The Morgan fingerprint density at radius 2 is 2.19 bits per heavy atom. The van der Waals surface area contributed by atoms with Crippen LogP contribution in [0.3, 0.4) is 0 Å². The summed E-state index contributed by atoms with van der Waals surface area (Å²) in [6, 6.07) is 5.33. The van der Waals surface area contributed by atoms with Gasteiger partial charge in [0.2, 0.25) is 0 Å². The van der Waals surface area contributed by atoms with Crippen LogP contribution in [0.2, 0.25) is 10.0 Å². The van der Waals surface area contributed by atoms with E-state index in [1.165, 1.54) is 0 Å². The number of benzene rings is 1. The van der Waals surface area contributed by atoms with Crippen LogP contribution in [-0.4, -0.2) is 43.6 Å². The van der Waals surface area contributed by atoms with Crippen molar-refractivity contribution in [2.75, 3.05) is 20.3 Å². The van der Waals surface area contributed by atoms with E-state index in [9.17, 15) is 5.11 Å². The summed E-state index contributed by atoms with van der Waals surface area (Å²) in [5.41, 5.74) is 0. The molecular formula is C15H21Cl2NO3. The molecule has 0 heterocycles. The zero-order chi connectivity index (χ0) is 15.2. The molecule has 0 radical (unpaired) electrons. The van der Waals surface area contributed by atoms with Crippen molar-refractivity contribution < 1.29 is 14.6 Å². The quantitative estimate of drug-likeness (QED) is 0.805. The number of aliphatic hydroxyl groups is 1. The van der Waals surface area contributed by atoms with Crippen molar-refractivity contribution in [2.45, 2.75) is 37.5 Å². The third-order valence-corrected chi connectivity index (χ3v) is 4.23. The molecule has 118 valence electrons. The lowest BCUT2D eigenvalue weighted by Gasteiger charge is -2.21. The minimum atomic E-state index is -0.602. The van der Waals surface area contributed by atoms with Crippen LogP contribution < -0.4 is 10.1 Å². The molecule has 3 unspecified atom stereocenters. The van der Waals surface area contributed by atoms with Gasteiger partial charge in [-0.2, -0.15) is 0 Å². The Morgan fingerprint density at radius 1 is 1.38 bits per heavy atom. The predicted molar refractivity (Wildman–Crippen MR) is 84.4 cm³/mol. The molecule has 0 bridgehead atoms. The molecule has 1 aromatic carbocycles. The van der Waals surface area contributed by atoms with Crippen LogP contribution in [0.1, 0.15) is 19.3 Å². The van der Waals surface area contributed by atoms with E-state index in [-0.39, 0.29) is 12.7 Å². The number of ether oxygens (including phenoxy) is 2. The molecule has 2 rings (SSSR count). The topological polar surface area (TPSA) is 50.7 Å². The average Bonchev–Trinajstić information content (AvgIpc) is 2.91. The van der Waals surface area contributed by atoms with E-state index in [1.54, 1.807) is 25.3 Å². The van der Waals surface area contributed by atoms with Crippen LogP contribution in [0.15, 0.2) is 18.2 Å². The molecular weight excluding hydrogens is 313 g/mol. The summed E-state index contributed by atoms with van der Waals surface area (Å²) in [4.78, 5) is 0. The Labute approximate surface area is 135 Å². The molecule has 21 heavy (non-hydrogen) atoms. The first-order chi connectivity index (χ1) is 10.1. The van der Waals surface area contributed by atoms with E-state index in [2.05, 4.69) is 5.32 Å². The van der Waals surface area contributed by atoms with E-state index in [1.807, 2.05) is 0 Å². The second kappa shape index (κ2) is 8.20. The summed E-state index contributed by atoms with van der Waals surface area (Å²) < 4.78 is 10.9. The van der Waals surface area contributed by atoms with Crippen molar-refractivity contribution in [3.63, 3.8) is 0 Å². The van der Waals surface area contributed by atoms with Crippen molar-refractivity contribution in [1.82, 2.24) is 5.32 Å². The highest BCUT2D eigenvalue weighted by Crippen LogP contribution is 2.27. The Bertz CT molecular complexity index is 459. The Balaban J connectivity index is 1.73. The number of methoxy groups -OCH3 is 1. The minimum Gasteiger partial charge on any atom is -0.489 e. The first kappa shape index (κ1) is 16.8. The van der Waals surface area contributed by atoms with Crippen molar-refractivity contribution in [3.05, 3.63) is 28.2 Å². The van der Waals surface area contributed by atoms with Gasteiger partial charge in [0.25, 0.3) is 0 Å². The highest BCUT2D eigenvalue weighted by atomic mass is 35.5. The second-order valence-electron chi connectivity index (χ2n) is 5.26. The molecule has 0 spiro atoms. The zero-order valence-corrected chi connectivity index (χ0v) is 13.5. The molecule has 0 aromatic heterocycles. The van der Waals surface area contributed by atoms with E-state index in [0.717, 1.165) is 19.3 Å². The van der Waals surface area contributed by atoms with E-state index in [4.69, 9.17) is 32.7 Å². The standard InChI is InChI=1S/C15H21Cl2NO3/c1-20-15-4-2-3-13(15)18-8-11(19)9-21-14-6-5-10(16)7-12(14)17/h5-7,11,13,15,18-19H,2-4,8-9H2,1H3. The Hall–Kier alpha value is -0.520. The molecule has 3 atom stereocenters. The van der Waals surface area contributed by atoms with Gasteiger partial charge in [-0.3, -0.25) is 0 Å². The number of hydrogen-bond donors (Lipinski definition) is 2. The number of nitrogens with one attached hydrogen (secondary N) is 1. The molecule has 1 saturated carbocycles. The van der Waals surface area contributed by atoms with Crippen LogP contribution in [-0.2, 0) is 4.74 Å². The summed E-state index contributed by atoms with van der Waals surface area (Å²) in [5, 5.41) is 14.3. The molecule has 0 amide bonds. The second-order valence-corrected chi connectivity index (χ2v) is 6.10. The lowest BCUT2D eigenvalue weighted by atomic mass is 10.2. The third kappa shape index (κ3) is 5.01. The van der Waals surface area contributed by atoms with Gasteiger partial charge >= 0.3 is 0 Å². The number of halogens is 2. The van der Waals surface area contributed by atoms with Gasteiger partial charge in [0.05, 0.1) is 11.1 Å². The van der Waals surface area contributed by atoms with Crippen LogP contribution in [0.5, 0.6) is 5.75 Å². The largest absolute Gasteiger partial charge is 0.489 e. The van der Waals surface area contributed by atoms with Gasteiger partial charge < -0.3 is 19.9 Å². The fourth-order valence-corrected chi connectivity index (χ4v) is 3.03. The van der Waals surface area contributed by atoms with Crippen molar-refractivity contribution in [1.29, 1.82) is 0 Å². The molecule has 1 aliphatic rings. The molecule has 1 aromatic rings. The lowest BCUT2D eigenvalue weighted by Crippen LogP contribution is -2.42. The van der Waals surface area contributed by atoms with E-state index >= 15 is 0 Å². The Kier molecular flexibility index (Phi) is 6.58. The smallest absolute Gasteiger partial charge is 0.138 e. The predicted octanol–water partition coefficient (Wildman–Crippen LogP) is 2.89. The SMILES string of the molecule is COC1CCCC1NCC(O)COc1ccc(Cl)cc1Cl. The first-order valence-electron chi connectivity index (χ1n) is 7.12. The van der Waals surface area contributed by atoms with Gasteiger partial charge in [-0.1, -0.05) is 23.2 Å². The van der Waals surface area contributed by atoms with Gasteiger partial charge in [-0.25, -0.2) is 0 Å². The van der Waals surface area contributed by atoms with Crippen LogP contribution >= 0.6 is 23.2 Å². The maximum absolute atomic E-state index is 9.98. The highest BCUT2D eigenvalue weighted by molar-refractivity contribution is 6.35. The molecule has 0 saturated heterocycles. The van der Waals surface area contributed by atoms with Crippen LogP contribution in [0.25, 0.3) is 0 Å². The Morgan fingerprint density at radius 3 is 2.90 bits per heavy atom. The van der Waals surface area contributed by atoms with Gasteiger partial charge in [0.15, 0.2) is 0 Å². The van der Waals surface area contributed by atoms with Crippen LogP contribution in [0, 0.1) is 0 Å². The van der Waals surface area contributed by atoms with Crippen molar-refractivity contribution >= 4 is 23.2 Å². The first-order valence-corrected chi connectivity index (χ1v) is 7.88. The van der Waals surface area contributed by atoms with Crippen LogP contribution in [0.4, 0.5) is 0 Å². The highest BCUT2D eigenvalue weighted by Gasteiger charge is 2.27. The van der Waals surface area contributed by atoms with E-state index < -0.39 is 6.10 Å². The zero-order valence-electron chi connectivity index (χ0n) is 12.0. The summed E-state index contributed by atoms with van der Waals surface area (Å²) in [7, 11) is 1.73. The molecule has 1 aliphatic carbocycles.